The molecule has 0 aliphatic rings. The number of rotatable bonds is 6. The smallest absolute Gasteiger partial charge is 0.0721 e. The minimum Gasteiger partial charge on any atom is -0.382 e. The van der Waals surface area contributed by atoms with Crippen molar-refractivity contribution in [1.29, 1.82) is 0 Å². The van der Waals surface area contributed by atoms with E-state index in [-0.39, 0.29) is 6.10 Å². The summed E-state index contributed by atoms with van der Waals surface area (Å²) in [6.45, 7) is 6.07. The largest absolute Gasteiger partial charge is 0.382 e. The summed E-state index contributed by atoms with van der Waals surface area (Å²) >= 11 is 0. The lowest BCUT2D eigenvalue weighted by molar-refractivity contribution is -0.000358. The molecule has 1 unspecified atom stereocenters. The average Bonchev–Trinajstić information content (AvgIpc) is 1.97. The molecule has 0 aromatic heterocycles. The van der Waals surface area contributed by atoms with Crippen LogP contribution in [0.1, 0.15) is 13.8 Å². The van der Waals surface area contributed by atoms with Crippen molar-refractivity contribution < 1.29 is 9.47 Å². The molecule has 11 heavy (non-hydrogen) atoms. The molecule has 0 fully saturated rings. The Kier molecular flexibility index (Phi) is 6.51. The first kappa shape index (κ1) is 10.9. The molecule has 0 heterocycles. The monoisotopic (exact) mass is 161 g/mol. The molecule has 0 radical (unpaired) electrons. The SMILES string of the molecule is COCCOC(CN)C(C)C. The maximum Gasteiger partial charge on any atom is 0.0721 e. The summed E-state index contributed by atoms with van der Waals surface area (Å²) in [7, 11) is 1.66. The summed E-state index contributed by atoms with van der Waals surface area (Å²) < 4.78 is 10.3. The second-order valence-corrected chi connectivity index (χ2v) is 2.88. The van der Waals surface area contributed by atoms with Gasteiger partial charge in [-0.3, -0.25) is 0 Å². The summed E-state index contributed by atoms with van der Waals surface area (Å²) in [5.74, 6) is 0.483. The van der Waals surface area contributed by atoms with Gasteiger partial charge in [0.2, 0.25) is 0 Å². The first-order chi connectivity index (χ1) is 5.22. The third kappa shape index (κ3) is 5.18. The number of hydrogen-bond donors (Lipinski definition) is 1. The van der Waals surface area contributed by atoms with Crippen LogP contribution in [0.5, 0.6) is 0 Å². The minimum absolute atomic E-state index is 0.171. The van der Waals surface area contributed by atoms with E-state index in [2.05, 4.69) is 13.8 Å². The highest BCUT2D eigenvalue weighted by molar-refractivity contribution is 4.62. The van der Waals surface area contributed by atoms with Crippen LogP contribution in [0.15, 0.2) is 0 Å². The Labute approximate surface area is 68.9 Å². The number of ether oxygens (including phenoxy) is 2. The molecule has 0 saturated heterocycles. The Balaban J connectivity index is 3.36. The zero-order valence-electron chi connectivity index (χ0n) is 7.67. The molecule has 0 aromatic carbocycles. The van der Waals surface area contributed by atoms with Crippen LogP contribution in [0.25, 0.3) is 0 Å². The van der Waals surface area contributed by atoms with Crippen LogP contribution in [-0.4, -0.2) is 33.0 Å². The molecular formula is C8H19NO2. The van der Waals surface area contributed by atoms with Crippen molar-refractivity contribution in [2.75, 3.05) is 26.9 Å². The topological polar surface area (TPSA) is 44.5 Å². The van der Waals surface area contributed by atoms with Gasteiger partial charge in [-0.25, -0.2) is 0 Å². The van der Waals surface area contributed by atoms with E-state index in [1.807, 2.05) is 0 Å². The van der Waals surface area contributed by atoms with Crippen LogP contribution in [-0.2, 0) is 9.47 Å². The Morgan fingerprint density at radius 1 is 1.27 bits per heavy atom. The van der Waals surface area contributed by atoms with Gasteiger partial charge < -0.3 is 15.2 Å². The molecule has 3 heteroatoms. The van der Waals surface area contributed by atoms with Crippen molar-refractivity contribution in [3.8, 4) is 0 Å². The summed E-state index contributed by atoms with van der Waals surface area (Å²) in [6.07, 6.45) is 0.171. The lowest BCUT2D eigenvalue weighted by atomic mass is 10.1. The molecule has 2 N–H and O–H groups in total. The molecule has 68 valence electrons. The van der Waals surface area contributed by atoms with Gasteiger partial charge in [0.15, 0.2) is 0 Å². The molecule has 0 amide bonds. The average molecular weight is 161 g/mol. The van der Waals surface area contributed by atoms with Crippen molar-refractivity contribution in [1.82, 2.24) is 0 Å². The lowest BCUT2D eigenvalue weighted by Crippen LogP contribution is -2.30. The van der Waals surface area contributed by atoms with Gasteiger partial charge in [0.25, 0.3) is 0 Å². The Morgan fingerprint density at radius 2 is 1.91 bits per heavy atom. The van der Waals surface area contributed by atoms with E-state index in [1.165, 1.54) is 0 Å². The fraction of sp³-hybridized carbons (Fsp3) is 1.00. The van der Waals surface area contributed by atoms with E-state index in [0.717, 1.165) is 0 Å². The Morgan fingerprint density at radius 3 is 2.27 bits per heavy atom. The van der Waals surface area contributed by atoms with Crippen LogP contribution in [0.3, 0.4) is 0 Å². The molecule has 0 rings (SSSR count). The van der Waals surface area contributed by atoms with Crippen LogP contribution in [0.4, 0.5) is 0 Å². The van der Waals surface area contributed by atoms with Gasteiger partial charge in [0.1, 0.15) is 0 Å². The van der Waals surface area contributed by atoms with E-state index < -0.39 is 0 Å². The Bertz CT molecular complexity index is 86.2. The molecule has 0 aliphatic carbocycles. The highest BCUT2D eigenvalue weighted by Gasteiger charge is 2.10. The predicted octanol–water partition coefficient (Wildman–Crippen LogP) is 0.633. The van der Waals surface area contributed by atoms with Gasteiger partial charge in [0, 0.05) is 13.7 Å². The zero-order chi connectivity index (χ0) is 8.69. The van der Waals surface area contributed by atoms with E-state index in [4.69, 9.17) is 15.2 Å². The second kappa shape index (κ2) is 6.58. The van der Waals surface area contributed by atoms with Crippen molar-refractivity contribution in [2.24, 2.45) is 11.7 Å². The number of nitrogens with two attached hydrogens (primary N) is 1. The lowest BCUT2D eigenvalue weighted by Gasteiger charge is -2.19. The third-order valence-corrected chi connectivity index (χ3v) is 1.60. The van der Waals surface area contributed by atoms with Gasteiger partial charge in [-0.05, 0) is 5.92 Å². The van der Waals surface area contributed by atoms with E-state index in [1.54, 1.807) is 7.11 Å². The fourth-order valence-corrected chi connectivity index (χ4v) is 0.815. The summed E-state index contributed by atoms with van der Waals surface area (Å²) in [5, 5.41) is 0. The number of methoxy groups -OCH3 is 1. The van der Waals surface area contributed by atoms with Crippen molar-refractivity contribution in [2.45, 2.75) is 20.0 Å². The highest BCUT2D eigenvalue weighted by atomic mass is 16.5. The quantitative estimate of drug-likeness (QED) is 0.581. The molecule has 0 aromatic rings. The zero-order valence-corrected chi connectivity index (χ0v) is 7.67. The van der Waals surface area contributed by atoms with E-state index in [0.29, 0.717) is 25.7 Å². The predicted molar refractivity (Wildman–Crippen MR) is 45.5 cm³/mol. The fourth-order valence-electron chi connectivity index (χ4n) is 0.815. The molecule has 3 nitrogen and oxygen atoms in total. The van der Waals surface area contributed by atoms with E-state index in [9.17, 15) is 0 Å². The van der Waals surface area contributed by atoms with E-state index >= 15 is 0 Å². The van der Waals surface area contributed by atoms with Gasteiger partial charge in [-0.2, -0.15) is 0 Å². The molecular weight excluding hydrogens is 142 g/mol. The first-order valence-electron chi connectivity index (χ1n) is 4.03. The number of hydrogen-bond acceptors (Lipinski definition) is 3. The van der Waals surface area contributed by atoms with Crippen LogP contribution >= 0.6 is 0 Å². The highest BCUT2D eigenvalue weighted by Crippen LogP contribution is 2.03. The second-order valence-electron chi connectivity index (χ2n) is 2.88. The maximum atomic E-state index is 5.49. The van der Waals surface area contributed by atoms with Gasteiger partial charge in [-0.1, -0.05) is 13.8 Å². The van der Waals surface area contributed by atoms with Crippen LogP contribution in [0, 0.1) is 5.92 Å². The minimum atomic E-state index is 0.171. The molecule has 0 spiro atoms. The normalized spacial score (nSPS) is 13.9. The maximum absolute atomic E-state index is 5.49. The van der Waals surface area contributed by atoms with Crippen molar-refractivity contribution in [3.05, 3.63) is 0 Å². The summed E-state index contributed by atoms with van der Waals surface area (Å²) in [6, 6.07) is 0. The van der Waals surface area contributed by atoms with Crippen LogP contribution < -0.4 is 5.73 Å². The molecule has 0 bridgehead atoms. The van der Waals surface area contributed by atoms with Gasteiger partial charge in [-0.15, -0.1) is 0 Å². The third-order valence-electron chi connectivity index (χ3n) is 1.60. The van der Waals surface area contributed by atoms with Crippen LogP contribution in [0.2, 0.25) is 0 Å². The Hall–Kier alpha value is -0.120. The summed E-state index contributed by atoms with van der Waals surface area (Å²) in [5.41, 5.74) is 5.49. The first-order valence-corrected chi connectivity index (χ1v) is 4.03. The van der Waals surface area contributed by atoms with Crippen molar-refractivity contribution in [3.63, 3.8) is 0 Å². The van der Waals surface area contributed by atoms with Gasteiger partial charge in [0.05, 0.1) is 19.3 Å². The standard InChI is InChI=1S/C8H19NO2/c1-7(2)8(6-9)11-5-4-10-3/h7-8H,4-6,9H2,1-3H3. The molecule has 0 saturated carbocycles. The molecule has 0 aliphatic heterocycles. The van der Waals surface area contributed by atoms with Gasteiger partial charge >= 0.3 is 0 Å². The van der Waals surface area contributed by atoms with Crippen molar-refractivity contribution >= 4 is 0 Å². The molecule has 1 atom stereocenters. The summed E-state index contributed by atoms with van der Waals surface area (Å²) in [4.78, 5) is 0.